The molecule has 0 bridgehead atoms. The fourth-order valence-electron chi connectivity index (χ4n) is 2.75. The average molecular weight is 295 g/mol. The molecule has 6 heteroatoms. The number of alkyl halides is 1. The summed E-state index contributed by atoms with van der Waals surface area (Å²) < 4.78 is 7.46. The van der Waals surface area contributed by atoms with Crippen LogP contribution < -0.4 is 4.74 Å². The van der Waals surface area contributed by atoms with Crippen LogP contribution in [-0.2, 0) is 5.88 Å². The Balaban J connectivity index is 2.11. The van der Waals surface area contributed by atoms with Gasteiger partial charge in [0.05, 0.1) is 13.0 Å². The van der Waals surface area contributed by atoms with Gasteiger partial charge < -0.3 is 9.30 Å². The van der Waals surface area contributed by atoms with Gasteiger partial charge in [-0.15, -0.1) is 11.6 Å². The van der Waals surface area contributed by atoms with Gasteiger partial charge in [0.15, 0.2) is 11.2 Å². The number of imidazole rings is 1. The number of ether oxygens (including phenoxy) is 1. The van der Waals surface area contributed by atoms with E-state index < -0.39 is 0 Å². The van der Waals surface area contributed by atoms with Crippen LogP contribution in [-0.4, -0.2) is 26.6 Å². The second-order valence-corrected chi connectivity index (χ2v) is 5.60. The summed E-state index contributed by atoms with van der Waals surface area (Å²) in [7, 11) is 1.60. The van der Waals surface area contributed by atoms with E-state index in [2.05, 4.69) is 26.4 Å². The molecular weight excluding hydrogens is 276 g/mol. The van der Waals surface area contributed by atoms with Crippen molar-refractivity contribution in [1.82, 2.24) is 19.5 Å². The first-order valence-corrected chi connectivity index (χ1v) is 7.63. The Kier molecular flexibility index (Phi) is 3.78. The quantitative estimate of drug-likeness (QED) is 0.767. The molecule has 3 rings (SSSR count). The minimum absolute atomic E-state index is 0.376. The standard InChI is InChI=1S/C14H19ClN4O/c1-3-10(6-9-4-5-9)19-11(7-15)18-12-13(19)16-8-17-14(12)20-2/h8-10H,3-7H2,1-2H3. The molecule has 0 radical (unpaired) electrons. The molecule has 2 aromatic heterocycles. The highest BCUT2D eigenvalue weighted by Gasteiger charge is 2.28. The van der Waals surface area contributed by atoms with Gasteiger partial charge in [-0.1, -0.05) is 19.8 Å². The summed E-state index contributed by atoms with van der Waals surface area (Å²) in [6, 6.07) is 0.404. The molecule has 2 heterocycles. The number of hydrogen-bond donors (Lipinski definition) is 0. The lowest BCUT2D eigenvalue weighted by molar-refractivity contribution is 0.401. The third-order valence-corrected chi connectivity index (χ3v) is 4.21. The molecule has 0 N–H and O–H groups in total. The largest absolute Gasteiger partial charge is 0.479 e. The topological polar surface area (TPSA) is 52.8 Å². The molecule has 0 saturated heterocycles. The zero-order chi connectivity index (χ0) is 14.1. The van der Waals surface area contributed by atoms with Crippen LogP contribution in [0.15, 0.2) is 6.33 Å². The van der Waals surface area contributed by atoms with E-state index in [0.29, 0.717) is 23.3 Å². The Bertz CT molecular complexity index is 608. The van der Waals surface area contributed by atoms with E-state index in [1.807, 2.05) is 0 Å². The summed E-state index contributed by atoms with van der Waals surface area (Å²) in [6.07, 6.45) is 6.45. The maximum absolute atomic E-state index is 6.08. The van der Waals surface area contributed by atoms with Gasteiger partial charge in [0.25, 0.3) is 0 Å². The first kappa shape index (κ1) is 13.6. The zero-order valence-corrected chi connectivity index (χ0v) is 12.6. The lowest BCUT2D eigenvalue weighted by atomic mass is 10.1. The maximum Gasteiger partial charge on any atom is 0.245 e. The van der Waals surface area contributed by atoms with Gasteiger partial charge in [0.1, 0.15) is 12.2 Å². The van der Waals surface area contributed by atoms with Crippen molar-refractivity contribution in [2.45, 2.75) is 44.5 Å². The Hall–Kier alpha value is -1.36. The van der Waals surface area contributed by atoms with Crippen LogP contribution in [0.1, 0.15) is 44.5 Å². The van der Waals surface area contributed by atoms with Crippen LogP contribution in [0, 0.1) is 5.92 Å². The van der Waals surface area contributed by atoms with E-state index in [9.17, 15) is 0 Å². The number of fused-ring (bicyclic) bond motifs is 1. The SMILES string of the molecule is CCC(CC1CC1)n1c(CCl)nc2c(OC)ncnc21. The number of rotatable bonds is 6. The molecule has 0 aromatic carbocycles. The van der Waals surface area contributed by atoms with Crippen molar-refractivity contribution in [3.63, 3.8) is 0 Å². The molecule has 1 unspecified atom stereocenters. The predicted octanol–water partition coefficient (Wildman–Crippen LogP) is 3.32. The zero-order valence-electron chi connectivity index (χ0n) is 11.8. The number of aromatic nitrogens is 4. The third-order valence-electron chi connectivity index (χ3n) is 3.97. The van der Waals surface area contributed by atoms with Crippen molar-refractivity contribution < 1.29 is 4.74 Å². The Morgan fingerprint density at radius 2 is 2.25 bits per heavy atom. The molecule has 0 aliphatic heterocycles. The van der Waals surface area contributed by atoms with Crippen molar-refractivity contribution >= 4 is 22.8 Å². The Morgan fingerprint density at radius 1 is 1.45 bits per heavy atom. The van der Waals surface area contributed by atoms with Gasteiger partial charge >= 0.3 is 0 Å². The van der Waals surface area contributed by atoms with Crippen LogP contribution >= 0.6 is 11.6 Å². The van der Waals surface area contributed by atoms with Crippen molar-refractivity contribution in [1.29, 1.82) is 0 Å². The summed E-state index contributed by atoms with van der Waals surface area (Å²) in [6.45, 7) is 2.20. The summed E-state index contributed by atoms with van der Waals surface area (Å²) in [4.78, 5) is 13.1. The van der Waals surface area contributed by atoms with Crippen molar-refractivity contribution in [2.24, 2.45) is 5.92 Å². The highest BCUT2D eigenvalue weighted by atomic mass is 35.5. The van der Waals surface area contributed by atoms with Crippen LogP contribution in [0.3, 0.4) is 0 Å². The molecule has 1 fully saturated rings. The number of hydrogen-bond acceptors (Lipinski definition) is 4. The van der Waals surface area contributed by atoms with Gasteiger partial charge in [-0.3, -0.25) is 0 Å². The van der Waals surface area contributed by atoms with Gasteiger partial charge in [-0.25, -0.2) is 9.97 Å². The molecule has 1 aliphatic rings. The van der Waals surface area contributed by atoms with E-state index in [4.69, 9.17) is 16.3 Å². The molecule has 1 atom stereocenters. The maximum atomic E-state index is 6.08. The van der Waals surface area contributed by atoms with E-state index in [0.717, 1.165) is 23.8 Å². The van der Waals surface area contributed by atoms with Gasteiger partial charge in [0, 0.05) is 6.04 Å². The Morgan fingerprint density at radius 3 is 2.85 bits per heavy atom. The van der Waals surface area contributed by atoms with Crippen molar-refractivity contribution in [2.75, 3.05) is 7.11 Å². The summed E-state index contributed by atoms with van der Waals surface area (Å²) in [5.41, 5.74) is 1.54. The molecule has 1 aliphatic carbocycles. The fraction of sp³-hybridized carbons (Fsp3) is 0.643. The highest BCUT2D eigenvalue weighted by molar-refractivity contribution is 6.16. The van der Waals surface area contributed by atoms with Gasteiger partial charge in [0.2, 0.25) is 5.88 Å². The number of halogens is 1. The smallest absolute Gasteiger partial charge is 0.245 e. The van der Waals surface area contributed by atoms with E-state index in [1.54, 1.807) is 7.11 Å². The van der Waals surface area contributed by atoms with Gasteiger partial charge in [-0.05, 0) is 18.8 Å². The van der Waals surface area contributed by atoms with E-state index in [1.165, 1.54) is 25.6 Å². The van der Waals surface area contributed by atoms with Crippen molar-refractivity contribution in [3.8, 4) is 5.88 Å². The molecule has 0 spiro atoms. The van der Waals surface area contributed by atoms with Crippen LogP contribution in [0.5, 0.6) is 5.88 Å². The van der Waals surface area contributed by atoms with Crippen LogP contribution in [0.4, 0.5) is 0 Å². The summed E-state index contributed by atoms with van der Waals surface area (Å²) >= 11 is 6.08. The average Bonchev–Trinajstić information content (AvgIpc) is 3.22. The second kappa shape index (κ2) is 5.56. The first-order valence-electron chi connectivity index (χ1n) is 7.10. The van der Waals surface area contributed by atoms with Crippen molar-refractivity contribution in [3.05, 3.63) is 12.2 Å². The van der Waals surface area contributed by atoms with E-state index >= 15 is 0 Å². The van der Waals surface area contributed by atoms with Crippen LogP contribution in [0.2, 0.25) is 0 Å². The normalized spacial score (nSPS) is 16.6. The molecule has 5 nitrogen and oxygen atoms in total. The number of methoxy groups -OCH3 is 1. The molecular formula is C14H19ClN4O. The monoisotopic (exact) mass is 294 g/mol. The Labute approximate surface area is 123 Å². The molecule has 108 valence electrons. The van der Waals surface area contributed by atoms with E-state index in [-0.39, 0.29) is 0 Å². The summed E-state index contributed by atoms with van der Waals surface area (Å²) in [5.74, 6) is 2.60. The molecule has 2 aromatic rings. The minimum atomic E-state index is 0.376. The second-order valence-electron chi connectivity index (χ2n) is 5.33. The molecule has 20 heavy (non-hydrogen) atoms. The lowest BCUT2D eigenvalue weighted by Crippen LogP contribution is -2.12. The molecule has 1 saturated carbocycles. The van der Waals surface area contributed by atoms with Gasteiger partial charge in [-0.2, -0.15) is 4.98 Å². The number of nitrogens with zero attached hydrogens (tertiary/aromatic N) is 4. The first-order chi connectivity index (χ1) is 9.78. The summed E-state index contributed by atoms with van der Waals surface area (Å²) in [5, 5.41) is 0. The lowest BCUT2D eigenvalue weighted by Gasteiger charge is -2.19. The third kappa shape index (κ3) is 2.35. The fourth-order valence-corrected chi connectivity index (χ4v) is 2.94. The highest BCUT2D eigenvalue weighted by Crippen LogP contribution is 2.39. The molecule has 0 amide bonds. The predicted molar refractivity (Wildman–Crippen MR) is 78.1 cm³/mol. The van der Waals surface area contributed by atoms with Crippen LogP contribution in [0.25, 0.3) is 11.2 Å². The minimum Gasteiger partial charge on any atom is -0.479 e.